The standard InChI is InChI=1S/C12H7BrFN3OS/c13-8-5-6(1-2-9(8)14)11-16-12(18-17-11)7-3-4-19-10(7)15/h1-5H,15H2. The number of rotatable bonds is 2. The Morgan fingerprint density at radius 1 is 1.32 bits per heavy atom. The molecule has 1 aromatic carbocycles. The first-order valence-electron chi connectivity index (χ1n) is 5.27. The van der Waals surface area contributed by atoms with Crippen LogP contribution in [0.1, 0.15) is 0 Å². The average Bonchev–Trinajstić information content (AvgIpc) is 3.01. The maximum absolute atomic E-state index is 13.2. The van der Waals surface area contributed by atoms with Crippen molar-refractivity contribution >= 4 is 32.3 Å². The minimum atomic E-state index is -0.338. The molecule has 0 atom stereocenters. The van der Waals surface area contributed by atoms with Gasteiger partial charge in [-0.05, 0) is 45.6 Å². The van der Waals surface area contributed by atoms with Gasteiger partial charge in [0.05, 0.1) is 15.0 Å². The number of nitrogen functional groups attached to an aromatic ring is 1. The summed E-state index contributed by atoms with van der Waals surface area (Å²) in [5, 5.41) is 6.35. The molecule has 7 heteroatoms. The highest BCUT2D eigenvalue weighted by Gasteiger charge is 2.14. The van der Waals surface area contributed by atoms with Crippen molar-refractivity contribution in [3.05, 3.63) is 39.9 Å². The quantitative estimate of drug-likeness (QED) is 0.767. The molecule has 2 N–H and O–H groups in total. The van der Waals surface area contributed by atoms with Crippen molar-refractivity contribution in [3.63, 3.8) is 0 Å². The van der Waals surface area contributed by atoms with E-state index >= 15 is 0 Å². The van der Waals surface area contributed by atoms with E-state index < -0.39 is 0 Å². The number of thiophene rings is 1. The number of hydrogen-bond donors (Lipinski definition) is 1. The molecule has 0 bridgehead atoms. The van der Waals surface area contributed by atoms with E-state index in [0.717, 1.165) is 0 Å². The van der Waals surface area contributed by atoms with Crippen molar-refractivity contribution in [3.8, 4) is 22.8 Å². The normalized spacial score (nSPS) is 10.8. The number of halogens is 2. The van der Waals surface area contributed by atoms with E-state index in [1.54, 1.807) is 12.1 Å². The molecule has 19 heavy (non-hydrogen) atoms. The molecule has 0 fully saturated rings. The summed E-state index contributed by atoms with van der Waals surface area (Å²) in [6.07, 6.45) is 0. The topological polar surface area (TPSA) is 64.9 Å². The summed E-state index contributed by atoms with van der Waals surface area (Å²) in [6.45, 7) is 0. The summed E-state index contributed by atoms with van der Waals surface area (Å²) in [4.78, 5) is 4.26. The van der Waals surface area contributed by atoms with Gasteiger partial charge < -0.3 is 10.3 Å². The zero-order chi connectivity index (χ0) is 13.4. The Bertz CT molecular complexity index is 740. The minimum absolute atomic E-state index is 0.338. The van der Waals surface area contributed by atoms with Gasteiger partial charge >= 0.3 is 0 Å². The molecule has 0 aliphatic heterocycles. The van der Waals surface area contributed by atoms with Gasteiger partial charge in [0, 0.05) is 5.56 Å². The van der Waals surface area contributed by atoms with Crippen LogP contribution < -0.4 is 5.73 Å². The number of anilines is 1. The molecule has 0 spiro atoms. The first-order chi connectivity index (χ1) is 9.15. The lowest BCUT2D eigenvalue weighted by Gasteiger charge is -1.96. The fraction of sp³-hybridized carbons (Fsp3) is 0. The monoisotopic (exact) mass is 339 g/mol. The maximum atomic E-state index is 13.2. The number of nitrogens with two attached hydrogens (primary N) is 1. The minimum Gasteiger partial charge on any atom is -0.390 e. The van der Waals surface area contributed by atoms with E-state index in [2.05, 4.69) is 26.1 Å². The zero-order valence-corrected chi connectivity index (χ0v) is 11.8. The van der Waals surface area contributed by atoms with Crippen LogP contribution in [0.3, 0.4) is 0 Å². The SMILES string of the molecule is Nc1sccc1-c1nc(-c2ccc(F)c(Br)c2)no1. The molecule has 3 rings (SSSR count). The first kappa shape index (κ1) is 12.3. The lowest BCUT2D eigenvalue weighted by Crippen LogP contribution is -1.85. The molecule has 0 aliphatic rings. The summed E-state index contributed by atoms with van der Waals surface area (Å²) in [5.74, 6) is 0.407. The third-order valence-corrected chi connectivity index (χ3v) is 3.88. The highest BCUT2D eigenvalue weighted by Crippen LogP contribution is 2.31. The van der Waals surface area contributed by atoms with Crippen LogP contribution in [-0.4, -0.2) is 10.1 Å². The van der Waals surface area contributed by atoms with Crippen molar-refractivity contribution in [2.45, 2.75) is 0 Å². The molecule has 2 aromatic heterocycles. The summed E-state index contributed by atoms with van der Waals surface area (Å²) < 4.78 is 18.7. The molecule has 0 amide bonds. The molecule has 4 nitrogen and oxygen atoms in total. The third kappa shape index (κ3) is 2.26. The molecule has 96 valence electrons. The van der Waals surface area contributed by atoms with Gasteiger partial charge in [-0.15, -0.1) is 11.3 Å². The molecule has 3 aromatic rings. The van der Waals surface area contributed by atoms with E-state index in [4.69, 9.17) is 10.3 Å². The summed E-state index contributed by atoms with van der Waals surface area (Å²) in [5.41, 5.74) is 7.18. The second-order valence-corrected chi connectivity index (χ2v) is 5.55. The van der Waals surface area contributed by atoms with Crippen molar-refractivity contribution in [2.24, 2.45) is 0 Å². The van der Waals surface area contributed by atoms with Gasteiger partial charge in [0.1, 0.15) is 5.82 Å². The molecule has 0 unspecified atom stereocenters. The maximum Gasteiger partial charge on any atom is 0.261 e. The Labute approximate surface area is 120 Å². The first-order valence-corrected chi connectivity index (χ1v) is 6.95. The second-order valence-electron chi connectivity index (χ2n) is 3.75. The van der Waals surface area contributed by atoms with Crippen LogP contribution in [-0.2, 0) is 0 Å². The van der Waals surface area contributed by atoms with Gasteiger partial charge in [0.2, 0.25) is 5.82 Å². The Hall–Kier alpha value is -1.73. The smallest absolute Gasteiger partial charge is 0.261 e. The van der Waals surface area contributed by atoms with Crippen LogP contribution in [0.5, 0.6) is 0 Å². The predicted molar refractivity (Wildman–Crippen MR) is 75.1 cm³/mol. The molecule has 0 radical (unpaired) electrons. The third-order valence-electron chi connectivity index (χ3n) is 2.53. The molecular weight excluding hydrogens is 333 g/mol. The molecular formula is C12H7BrFN3OS. The second kappa shape index (κ2) is 4.75. The Balaban J connectivity index is 2.01. The van der Waals surface area contributed by atoms with E-state index in [1.807, 2.05) is 11.4 Å². The van der Waals surface area contributed by atoms with E-state index in [-0.39, 0.29) is 5.82 Å². The van der Waals surface area contributed by atoms with Gasteiger partial charge in [-0.3, -0.25) is 0 Å². The van der Waals surface area contributed by atoms with E-state index in [1.165, 1.54) is 17.4 Å². The van der Waals surface area contributed by atoms with Crippen molar-refractivity contribution in [1.29, 1.82) is 0 Å². The highest BCUT2D eigenvalue weighted by atomic mass is 79.9. The van der Waals surface area contributed by atoms with Crippen LogP contribution in [0.15, 0.2) is 38.6 Å². The Morgan fingerprint density at radius 3 is 2.84 bits per heavy atom. The summed E-state index contributed by atoms with van der Waals surface area (Å²) in [7, 11) is 0. The van der Waals surface area contributed by atoms with Gasteiger partial charge in [0.25, 0.3) is 5.89 Å². The van der Waals surface area contributed by atoms with E-state index in [9.17, 15) is 4.39 Å². The fourth-order valence-corrected chi connectivity index (χ4v) is 2.59. The van der Waals surface area contributed by atoms with Crippen LogP contribution in [0.25, 0.3) is 22.8 Å². The Kier molecular flexibility index (Phi) is 3.08. The lowest BCUT2D eigenvalue weighted by molar-refractivity contribution is 0.432. The number of aromatic nitrogens is 2. The Morgan fingerprint density at radius 2 is 2.16 bits per heavy atom. The largest absolute Gasteiger partial charge is 0.390 e. The summed E-state index contributed by atoms with van der Waals surface area (Å²) in [6, 6.07) is 6.35. The van der Waals surface area contributed by atoms with Crippen LogP contribution in [0.2, 0.25) is 0 Å². The van der Waals surface area contributed by atoms with Crippen molar-refractivity contribution < 1.29 is 8.91 Å². The molecule has 2 heterocycles. The highest BCUT2D eigenvalue weighted by molar-refractivity contribution is 9.10. The van der Waals surface area contributed by atoms with Crippen LogP contribution >= 0.6 is 27.3 Å². The molecule has 0 saturated heterocycles. The number of benzene rings is 1. The van der Waals surface area contributed by atoms with Crippen molar-refractivity contribution in [2.75, 3.05) is 5.73 Å². The van der Waals surface area contributed by atoms with Gasteiger partial charge in [-0.1, -0.05) is 5.16 Å². The summed E-state index contributed by atoms with van der Waals surface area (Å²) >= 11 is 4.52. The zero-order valence-electron chi connectivity index (χ0n) is 9.43. The van der Waals surface area contributed by atoms with Gasteiger partial charge in [-0.25, -0.2) is 4.39 Å². The van der Waals surface area contributed by atoms with E-state index in [0.29, 0.717) is 32.3 Å². The average molecular weight is 340 g/mol. The molecule has 0 saturated carbocycles. The fourth-order valence-electron chi connectivity index (χ4n) is 1.58. The lowest BCUT2D eigenvalue weighted by atomic mass is 10.2. The predicted octanol–water partition coefficient (Wildman–Crippen LogP) is 3.95. The van der Waals surface area contributed by atoms with Gasteiger partial charge in [0.15, 0.2) is 0 Å². The van der Waals surface area contributed by atoms with Crippen molar-refractivity contribution in [1.82, 2.24) is 10.1 Å². The number of hydrogen-bond acceptors (Lipinski definition) is 5. The van der Waals surface area contributed by atoms with Gasteiger partial charge in [-0.2, -0.15) is 4.98 Å². The molecule has 0 aliphatic carbocycles. The van der Waals surface area contributed by atoms with Crippen LogP contribution in [0, 0.1) is 5.82 Å². The number of nitrogens with zero attached hydrogens (tertiary/aromatic N) is 2. The van der Waals surface area contributed by atoms with Crippen LogP contribution in [0.4, 0.5) is 9.39 Å².